The maximum absolute atomic E-state index is 5.77. The molecular weight excluding hydrogens is 228 g/mol. The number of H-pyrrole nitrogens is 1. The third kappa shape index (κ3) is 2.57. The Hall–Kier alpha value is -1.72. The molecule has 1 saturated heterocycles. The van der Waals surface area contributed by atoms with Gasteiger partial charge in [0, 0.05) is 38.2 Å². The van der Waals surface area contributed by atoms with Crippen molar-refractivity contribution in [3.8, 4) is 0 Å². The Morgan fingerprint density at radius 1 is 1.28 bits per heavy atom. The minimum absolute atomic E-state index is 0.100. The summed E-state index contributed by atoms with van der Waals surface area (Å²) in [6, 6.07) is 6.09. The first-order valence-corrected chi connectivity index (χ1v) is 6.14. The van der Waals surface area contributed by atoms with Crippen molar-refractivity contribution in [2.75, 3.05) is 19.7 Å². The molecule has 94 valence electrons. The van der Waals surface area contributed by atoms with Crippen LogP contribution in [0.5, 0.6) is 0 Å². The number of ether oxygens (including phenoxy) is 1. The second-order valence-electron chi connectivity index (χ2n) is 4.46. The third-order valence-electron chi connectivity index (χ3n) is 3.18. The molecule has 2 aromatic heterocycles. The summed E-state index contributed by atoms with van der Waals surface area (Å²) in [6.07, 6.45) is 5.54. The van der Waals surface area contributed by atoms with Crippen LogP contribution in [-0.4, -0.2) is 39.8 Å². The van der Waals surface area contributed by atoms with Crippen molar-refractivity contribution in [3.05, 3.63) is 48.0 Å². The van der Waals surface area contributed by atoms with Gasteiger partial charge in [-0.15, -0.1) is 0 Å². The van der Waals surface area contributed by atoms with Gasteiger partial charge in [-0.1, -0.05) is 0 Å². The van der Waals surface area contributed by atoms with Gasteiger partial charge in [0.1, 0.15) is 6.10 Å². The lowest BCUT2D eigenvalue weighted by atomic mass is 10.2. The average molecular weight is 244 g/mol. The summed E-state index contributed by atoms with van der Waals surface area (Å²) in [6.45, 7) is 3.56. The molecule has 0 spiro atoms. The molecule has 3 rings (SSSR count). The molecule has 5 heteroatoms. The highest BCUT2D eigenvalue weighted by Crippen LogP contribution is 2.21. The Morgan fingerprint density at radius 2 is 2.17 bits per heavy atom. The maximum atomic E-state index is 5.77. The first-order chi connectivity index (χ1) is 8.92. The van der Waals surface area contributed by atoms with Gasteiger partial charge in [0.15, 0.2) is 0 Å². The summed E-state index contributed by atoms with van der Waals surface area (Å²) in [5, 5.41) is 6.95. The summed E-state index contributed by atoms with van der Waals surface area (Å²) in [5.74, 6) is 0. The Bertz CT molecular complexity index is 471. The number of rotatable bonds is 3. The van der Waals surface area contributed by atoms with Crippen LogP contribution in [-0.2, 0) is 11.3 Å². The van der Waals surface area contributed by atoms with Crippen molar-refractivity contribution in [3.63, 3.8) is 0 Å². The Balaban J connectivity index is 1.64. The summed E-state index contributed by atoms with van der Waals surface area (Å²) in [7, 11) is 0. The van der Waals surface area contributed by atoms with Gasteiger partial charge in [0.05, 0.1) is 12.3 Å². The first kappa shape index (κ1) is 11.4. The summed E-state index contributed by atoms with van der Waals surface area (Å²) >= 11 is 0. The third-order valence-corrected chi connectivity index (χ3v) is 3.18. The number of pyridine rings is 1. The van der Waals surface area contributed by atoms with E-state index in [1.807, 2.05) is 18.5 Å². The fraction of sp³-hybridized carbons (Fsp3) is 0.385. The number of aromatic amines is 1. The van der Waals surface area contributed by atoms with E-state index in [9.17, 15) is 0 Å². The molecule has 18 heavy (non-hydrogen) atoms. The molecule has 5 nitrogen and oxygen atoms in total. The lowest BCUT2D eigenvalue weighted by Gasteiger charge is -2.32. The van der Waals surface area contributed by atoms with Crippen molar-refractivity contribution in [1.82, 2.24) is 20.1 Å². The van der Waals surface area contributed by atoms with Crippen molar-refractivity contribution >= 4 is 0 Å². The minimum atomic E-state index is 0.100. The number of nitrogens with one attached hydrogen (secondary N) is 1. The van der Waals surface area contributed by atoms with Crippen LogP contribution >= 0.6 is 0 Å². The van der Waals surface area contributed by atoms with E-state index in [4.69, 9.17) is 4.74 Å². The van der Waals surface area contributed by atoms with E-state index < -0.39 is 0 Å². The molecule has 0 unspecified atom stereocenters. The van der Waals surface area contributed by atoms with Crippen molar-refractivity contribution in [2.24, 2.45) is 0 Å². The van der Waals surface area contributed by atoms with Crippen molar-refractivity contribution in [2.45, 2.75) is 12.6 Å². The zero-order chi connectivity index (χ0) is 12.2. The van der Waals surface area contributed by atoms with E-state index >= 15 is 0 Å². The van der Waals surface area contributed by atoms with Crippen molar-refractivity contribution < 1.29 is 4.74 Å². The highest BCUT2D eigenvalue weighted by atomic mass is 16.5. The van der Waals surface area contributed by atoms with Gasteiger partial charge in [-0.3, -0.25) is 15.0 Å². The molecule has 0 amide bonds. The van der Waals surface area contributed by atoms with E-state index in [0.29, 0.717) is 0 Å². The number of nitrogens with zero attached hydrogens (tertiary/aromatic N) is 3. The van der Waals surface area contributed by atoms with Gasteiger partial charge in [0.2, 0.25) is 0 Å². The average Bonchev–Trinajstić information content (AvgIpc) is 2.94. The summed E-state index contributed by atoms with van der Waals surface area (Å²) in [5.41, 5.74) is 2.34. The van der Waals surface area contributed by atoms with Crippen molar-refractivity contribution in [1.29, 1.82) is 0 Å². The first-order valence-electron chi connectivity index (χ1n) is 6.14. The van der Waals surface area contributed by atoms with Gasteiger partial charge in [-0.05, 0) is 23.8 Å². The molecule has 0 aromatic carbocycles. The highest BCUT2D eigenvalue weighted by Gasteiger charge is 2.22. The van der Waals surface area contributed by atoms with Gasteiger partial charge in [-0.2, -0.15) is 5.10 Å². The van der Waals surface area contributed by atoms with E-state index in [-0.39, 0.29) is 6.10 Å². The van der Waals surface area contributed by atoms with Gasteiger partial charge in [0.25, 0.3) is 0 Å². The predicted molar refractivity (Wildman–Crippen MR) is 66.8 cm³/mol. The van der Waals surface area contributed by atoms with Gasteiger partial charge in [-0.25, -0.2) is 0 Å². The largest absolute Gasteiger partial charge is 0.369 e. The van der Waals surface area contributed by atoms with E-state index in [1.54, 1.807) is 6.20 Å². The molecule has 0 radical (unpaired) electrons. The lowest BCUT2D eigenvalue weighted by Crippen LogP contribution is -2.37. The number of hydrogen-bond donors (Lipinski definition) is 1. The van der Waals surface area contributed by atoms with E-state index in [0.717, 1.165) is 31.9 Å². The number of morpholine rings is 1. The number of hydrogen-bond acceptors (Lipinski definition) is 4. The summed E-state index contributed by atoms with van der Waals surface area (Å²) in [4.78, 5) is 6.43. The quantitative estimate of drug-likeness (QED) is 0.886. The zero-order valence-corrected chi connectivity index (χ0v) is 10.1. The van der Waals surface area contributed by atoms with E-state index in [2.05, 4.69) is 32.2 Å². The molecule has 3 heterocycles. The van der Waals surface area contributed by atoms with Crippen LogP contribution in [0.1, 0.15) is 17.4 Å². The van der Waals surface area contributed by atoms with Gasteiger partial charge < -0.3 is 4.74 Å². The molecule has 1 fully saturated rings. The standard InChI is InChI=1S/C13H16N4O/c1-4-14-5-2-11(1)9-17-7-8-18-13(10-17)12-3-6-15-16-12/h1-6,13H,7-10H2,(H,15,16)/t13-/m1/s1. The van der Waals surface area contributed by atoms with Crippen LogP contribution in [0.2, 0.25) is 0 Å². The molecule has 0 aliphatic carbocycles. The molecule has 0 bridgehead atoms. The van der Waals surface area contributed by atoms with Crippen LogP contribution < -0.4 is 0 Å². The van der Waals surface area contributed by atoms with Crippen LogP contribution in [0.4, 0.5) is 0 Å². The molecule has 1 aliphatic heterocycles. The minimum Gasteiger partial charge on any atom is -0.369 e. The highest BCUT2D eigenvalue weighted by molar-refractivity contribution is 5.10. The Labute approximate surface area is 106 Å². The lowest BCUT2D eigenvalue weighted by molar-refractivity contribution is -0.0350. The molecule has 1 N–H and O–H groups in total. The zero-order valence-electron chi connectivity index (χ0n) is 10.1. The van der Waals surface area contributed by atoms with Crippen LogP contribution in [0.15, 0.2) is 36.8 Å². The number of aromatic nitrogens is 3. The summed E-state index contributed by atoms with van der Waals surface area (Å²) < 4.78 is 5.77. The topological polar surface area (TPSA) is 54.0 Å². The van der Waals surface area contributed by atoms with Crippen LogP contribution in [0, 0.1) is 0 Å². The monoisotopic (exact) mass is 244 g/mol. The second-order valence-corrected chi connectivity index (χ2v) is 4.46. The molecule has 2 aromatic rings. The van der Waals surface area contributed by atoms with Crippen LogP contribution in [0.3, 0.4) is 0 Å². The van der Waals surface area contributed by atoms with E-state index in [1.165, 1.54) is 5.56 Å². The molecule has 1 atom stereocenters. The van der Waals surface area contributed by atoms with Gasteiger partial charge >= 0.3 is 0 Å². The second kappa shape index (κ2) is 5.29. The SMILES string of the molecule is c1cc(CN2CCO[C@@H](c3ccn[nH]3)C2)ccn1. The fourth-order valence-electron chi connectivity index (χ4n) is 2.23. The molecule has 0 saturated carbocycles. The Morgan fingerprint density at radius 3 is 2.94 bits per heavy atom. The molecular formula is C13H16N4O. The maximum Gasteiger partial charge on any atom is 0.112 e. The fourth-order valence-corrected chi connectivity index (χ4v) is 2.23. The van der Waals surface area contributed by atoms with Crippen LogP contribution in [0.25, 0.3) is 0 Å². The smallest absolute Gasteiger partial charge is 0.112 e. The molecule has 1 aliphatic rings. The Kier molecular flexibility index (Phi) is 3.34. The normalized spacial score (nSPS) is 21.0. The predicted octanol–water partition coefficient (Wildman–Crippen LogP) is 1.38.